The predicted molar refractivity (Wildman–Crippen MR) is 343 cm³/mol. The zero-order chi connectivity index (χ0) is 59.2. The second kappa shape index (κ2) is 62.8. The summed E-state index contributed by atoms with van der Waals surface area (Å²) in [6.45, 7) is 8.90. The molecule has 81 heavy (non-hydrogen) atoms. The largest absolute Gasteiger partial charge is 0.481 e. The van der Waals surface area contributed by atoms with Gasteiger partial charge < -0.3 is 24.4 Å². The molecular formula is C72H130O9. The van der Waals surface area contributed by atoms with E-state index in [1.807, 2.05) is 0 Å². The number of aliphatic hydroxyl groups excluding tert-OH is 1. The average molecular weight is 1140 g/mol. The van der Waals surface area contributed by atoms with Gasteiger partial charge >= 0.3 is 23.9 Å². The average Bonchev–Trinajstić information content (AvgIpc) is 3.44. The Hall–Kier alpha value is -3.20. The van der Waals surface area contributed by atoms with Gasteiger partial charge in [-0.15, -0.1) is 0 Å². The van der Waals surface area contributed by atoms with Crippen LogP contribution in [0.5, 0.6) is 0 Å². The van der Waals surface area contributed by atoms with Crippen molar-refractivity contribution in [2.45, 2.75) is 386 Å². The lowest BCUT2D eigenvalue weighted by Gasteiger charge is -2.17. The summed E-state index contributed by atoms with van der Waals surface area (Å²) in [5.41, 5.74) is 0. The minimum absolute atomic E-state index is 0.0597. The molecular weight excluding hydrogens is 1010 g/mol. The lowest BCUT2D eigenvalue weighted by Crippen LogP contribution is -2.18. The molecule has 0 fully saturated rings. The van der Waals surface area contributed by atoms with Crippen molar-refractivity contribution in [2.24, 2.45) is 0 Å². The van der Waals surface area contributed by atoms with E-state index in [4.69, 9.17) is 19.3 Å². The van der Waals surface area contributed by atoms with Crippen LogP contribution in [0.4, 0.5) is 0 Å². The summed E-state index contributed by atoms with van der Waals surface area (Å²) in [5.74, 6) is -0.931. The normalized spacial score (nSPS) is 13.4. The molecule has 2 N–H and O–H groups in total. The fourth-order valence-corrected chi connectivity index (χ4v) is 10.5. The van der Waals surface area contributed by atoms with E-state index in [1.165, 1.54) is 77.0 Å². The van der Waals surface area contributed by atoms with Crippen LogP contribution in [0.25, 0.3) is 0 Å². The van der Waals surface area contributed by atoms with E-state index in [1.54, 1.807) is 0 Å². The van der Waals surface area contributed by atoms with E-state index in [9.17, 15) is 24.3 Å². The molecule has 0 spiro atoms. The summed E-state index contributed by atoms with van der Waals surface area (Å²) >= 11 is 0. The van der Waals surface area contributed by atoms with Crippen LogP contribution in [0.3, 0.4) is 0 Å². The maximum Gasteiger partial charge on any atom is 0.306 e. The van der Waals surface area contributed by atoms with E-state index >= 15 is 0 Å². The first-order valence-electron chi connectivity index (χ1n) is 34.7. The fraction of sp³-hybridized carbons (Fsp3) is 0.833. The van der Waals surface area contributed by atoms with Crippen LogP contribution < -0.4 is 0 Å². The van der Waals surface area contributed by atoms with Crippen molar-refractivity contribution >= 4 is 23.9 Å². The van der Waals surface area contributed by atoms with E-state index in [-0.39, 0.29) is 48.7 Å². The minimum atomic E-state index is -0.717. The van der Waals surface area contributed by atoms with Crippen molar-refractivity contribution in [3.05, 3.63) is 48.6 Å². The zero-order valence-corrected chi connectivity index (χ0v) is 53.4. The van der Waals surface area contributed by atoms with Gasteiger partial charge in [-0.2, -0.15) is 0 Å². The summed E-state index contributed by atoms with van der Waals surface area (Å²) in [6, 6.07) is 0. The Morgan fingerprint density at radius 2 is 0.543 bits per heavy atom. The topological polar surface area (TPSA) is 136 Å². The molecule has 0 aromatic carbocycles. The molecule has 4 unspecified atom stereocenters. The van der Waals surface area contributed by atoms with Crippen molar-refractivity contribution in [1.82, 2.24) is 0 Å². The molecule has 0 heterocycles. The molecule has 472 valence electrons. The number of aliphatic carboxylic acids is 1. The second-order valence-electron chi connectivity index (χ2n) is 23.8. The van der Waals surface area contributed by atoms with Gasteiger partial charge in [0.25, 0.3) is 0 Å². The molecule has 0 saturated heterocycles. The Morgan fingerprint density at radius 3 is 0.827 bits per heavy atom. The minimum Gasteiger partial charge on any atom is -0.481 e. The number of esters is 3. The van der Waals surface area contributed by atoms with Crippen molar-refractivity contribution < 1.29 is 43.6 Å². The van der Waals surface area contributed by atoms with Gasteiger partial charge in [0, 0.05) is 44.9 Å². The summed E-state index contributed by atoms with van der Waals surface area (Å²) in [7, 11) is 0. The Labute approximate surface area is 499 Å². The van der Waals surface area contributed by atoms with Gasteiger partial charge in [-0.05, 0) is 128 Å². The molecule has 0 bridgehead atoms. The summed E-state index contributed by atoms with van der Waals surface area (Å²) in [6.07, 6.45) is 69.5. The first-order valence-corrected chi connectivity index (χ1v) is 34.7. The SMILES string of the molecule is CCCCC/C=C\CC(O)CCCCCCCCC(=O)OC(C/C=C\CCCCC)CCCCCCCCC(=O)OC(C/C=C\CCCCC)CCCCCCCCC(=O)OC(C/C=C\CCCCC)CCCCCCCCC(=O)O. The molecule has 9 heteroatoms. The Bertz CT molecular complexity index is 1520. The maximum atomic E-state index is 13.1. The number of rotatable bonds is 63. The third kappa shape index (κ3) is 59.8. The van der Waals surface area contributed by atoms with Gasteiger partial charge in [-0.3, -0.25) is 19.2 Å². The van der Waals surface area contributed by atoms with Gasteiger partial charge in [-0.1, -0.05) is 237 Å². The third-order valence-electron chi connectivity index (χ3n) is 15.7. The van der Waals surface area contributed by atoms with Crippen molar-refractivity contribution in [2.75, 3.05) is 0 Å². The van der Waals surface area contributed by atoms with Crippen LogP contribution >= 0.6 is 0 Å². The third-order valence-corrected chi connectivity index (χ3v) is 15.7. The Morgan fingerprint density at radius 1 is 0.296 bits per heavy atom. The molecule has 0 radical (unpaired) electrons. The first-order chi connectivity index (χ1) is 39.6. The van der Waals surface area contributed by atoms with E-state index in [0.29, 0.717) is 19.3 Å². The summed E-state index contributed by atoms with van der Waals surface area (Å²) in [4.78, 5) is 49.7. The number of carboxylic acid groups (broad SMARTS) is 1. The molecule has 9 nitrogen and oxygen atoms in total. The van der Waals surface area contributed by atoms with Crippen molar-refractivity contribution in [3.8, 4) is 0 Å². The highest BCUT2D eigenvalue weighted by atomic mass is 16.6. The highest BCUT2D eigenvalue weighted by Crippen LogP contribution is 2.21. The van der Waals surface area contributed by atoms with Gasteiger partial charge in [-0.25, -0.2) is 0 Å². The zero-order valence-electron chi connectivity index (χ0n) is 53.4. The molecule has 0 aromatic rings. The van der Waals surface area contributed by atoms with Crippen LogP contribution in [-0.2, 0) is 33.4 Å². The summed E-state index contributed by atoms with van der Waals surface area (Å²) < 4.78 is 18.2. The smallest absolute Gasteiger partial charge is 0.306 e. The number of unbranched alkanes of at least 4 members (excludes halogenated alkanes) is 32. The number of hydrogen-bond acceptors (Lipinski definition) is 8. The maximum absolute atomic E-state index is 13.1. The predicted octanol–water partition coefficient (Wildman–Crippen LogP) is 21.8. The molecule has 0 saturated carbocycles. The quantitative estimate of drug-likeness (QED) is 0.0264. The number of carbonyl (C=O) groups is 4. The Kier molecular flexibility index (Phi) is 60.4. The number of carboxylic acids is 1. The van der Waals surface area contributed by atoms with Crippen molar-refractivity contribution in [1.29, 1.82) is 0 Å². The highest BCUT2D eigenvalue weighted by Gasteiger charge is 2.16. The molecule has 0 aromatic heterocycles. The van der Waals surface area contributed by atoms with Gasteiger partial charge in [0.2, 0.25) is 0 Å². The molecule has 4 atom stereocenters. The number of ether oxygens (including phenoxy) is 3. The van der Waals surface area contributed by atoms with Gasteiger partial charge in [0.1, 0.15) is 18.3 Å². The van der Waals surface area contributed by atoms with Crippen molar-refractivity contribution in [3.63, 3.8) is 0 Å². The van der Waals surface area contributed by atoms with Crippen LogP contribution in [0.1, 0.15) is 362 Å². The highest BCUT2D eigenvalue weighted by molar-refractivity contribution is 5.70. The number of carbonyl (C=O) groups excluding carboxylic acids is 3. The molecule has 0 aliphatic carbocycles. The molecule has 0 amide bonds. The van der Waals surface area contributed by atoms with Gasteiger partial charge in [0.05, 0.1) is 6.10 Å². The lowest BCUT2D eigenvalue weighted by molar-refractivity contribution is -0.150. The molecule has 0 aliphatic heterocycles. The standard InChI is InChI=1S/C72H130O9/c1-5-9-13-17-29-41-53-65(73)54-42-30-21-26-38-50-62-70(76)80-67(56-44-32-19-15-11-7-3)59-47-35-23-28-40-52-64-72(78)81-68(57-45-33-20-16-12-8-4)60-48-36-24-27-39-51-63-71(77)79-66(55-43-31-18-14-10-6-2)58-46-34-22-25-37-49-61-69(74)75/h29,31-33,41,43-45,65-68,73H,5-28,30,34-40,42,46-64H2,1-4H3,(H,74,75)/b41-29-,43-31-,44-32-,45-33-. The first kappa shape index (κ1) is 77.8. The van der Waals surface area contributed by atoms with E-state index < -0.39 is 5.97 Å². The lowest BCUT2D eigenvalue weighted by atomic mass is 10.0. The van der Waals surface area contributed by atoms with Crippen LogP contribution in [0, 0.1) is 0 Å². The number of allylic oxidation sites excluding steroid dienone is 4. The van der Waals surface area contributed by atoms with E-state index in [2.05, 4.69) is 76.3 Å². The van der Waals surface area contributed by atoms with Crippen LogP contribution in [0.2, 0.25) is 0 Å². The second-order valence-corrected chi connectivity index (χ2v) is 23.8. The van der Waals surface area contributed by atoms with Crippen LogP contribution in [-0.4, -0.2) is 58.5 Å². The summed E-state index contributed by atoms with van der Waals surface area (Å²) in [5, 5.41) is 19.2. The fourth-order valence-electron chi connectivity index (χ4n) is 10.5. The monoisotopic (exact) mass is 1140 g/mol. The van der Waals surface area contributed by atoms with Crippen LogP contribution in [0.15, 0.2) is 48.6 Å². The van der Waals surface area contributed by atoms with E-state index in [0.717, 1.165) is 231 Å². The molecule has 0 rings (SSSR count). The molecule has 0 aliphatic rings. The number of aliphatic hydroxyl groups is 1. The van der Waals surface area contributed by atoms with Gasteiger partial charge in [0.15, 0.2) is 0 Å². The number of hydrogen-bond donors (Lipinski definition) is 2. The Balaban J connectivity index is 4.66.